The summed E-state index contributed by atoms with van der Waals surface area (Å²) in [5.41, 5.74) is 4.50. The van der Waals surface area contributed by atoms with Gasteiger partial charge in [0.25, 0.3) is 0 Å². The number of carboxylic acids is 1. The predicted octanol–water partition coefficient (Wildman–Crippen LogP) is 4.62. The lowest BCUT2D eigenvalue weighted by molar-refractivity contribution is 0.0697. The van der Waals surface area contributed by atoms with Crippen molar-refractivity contribution in [3.8, 4) is 11.5 Å². The molecule has 0 aliphatic rings. The number of carboxylic acid groups (broad SMARTS) is 1. The number of hydrogen-bond acceptors (Lipinski definition) is 5. The molecule has 26 heavy (non-hydrogen) atoms. The number of aromatic carboxylic acids is 1. The molecule has 0 unspecified atom stereocenters. The molecule has 2 rings (SSSR count). The van der Waals surface area contributed by atoms with Gasteiger partial charge in [0.2, 0.25) is 0 Å². The third-order valence-electron chi connectivity index (χ3n) is 3.30. The van der Waals surface area contributed by atoms with Gasteiger partial charge in [-0.2, -0.15) is 5.10 Å². The van der Waals surface area contributed by atoms with Gasteiger partial charge in [0.1, 0.15) is 0 Å². The van der Waals surface area contributed by atoms with E-state index in [2.05, 4.69) is 40.0 Å². The average Bonchev–Trinajstić information content (AvgIpc) is 2.61. The molecule has 0 spiro atoms. The molecule has 138 valence electrons. The average molecular weight is 468 g/mol. The Balaban J connectivity index is 2.16. The standard InChI is InChI=1S/C19H21IN2O4/c1-3-8-26-18-16(20)9-13(10-17(18)25-4-2)12-21-22-15-7-5-6-14(11-15)19(23)24/h5-7,9-12,22H,3-4,8H2,1-2H3,(H,23,24)/b21-12+. The van der Waals surface area contributed by atoms with Crippen molar-refractivity contribution in [1.29, 1.82) is 0 Å². The molecule has 0 saturated carbocycles. The number of hydrazone groups is 1. The number of ether oxygens (including phenoxy) is 2. The van der Waals surface area contributed by atoms with Crippen molar-refractivity contribution in [1.82, 2.24) is 0 Å². The summed E-state index contributed by atoms with van der Waals surface area (Å²) < 4.78 is 12.4. The second-order valence-electron chi connectivity index (χ2n) is 5.37. The first-order chi connectivity index (χ1) is 12.5. The number of anilines is 1. The zero-order chi connectivity index (χ0) is 18.9. The molecule has 0 fully saturated rings. The van der Waals surface area contributed by atoms with Crippen LogP contribution in [0.15, 0.2) is 41.5 Å². The van der Waals surface area contributed by atoms with Gasteiger partial charge in [0.05, 0.1) is 34.2 Å². The summed E-state index contributed by atoms with van der Waals surface area (Å²) >= 11 is 2.21. The van der Waals surface area contributed by atoms with Gasteiger partial charge >= 0.3 is 5.97 Å². The summed E-state index contributed by atoms with van der Waals surface area (Å²) in [5.74, 6) is 0.451. The minimum absolute atomic E-state index is 0.204. The first-order valence-corrected chi connectivity index (χ1v) is 9.34. The van der Waals surface area contributed by atoms with Crippen LogP contribution in [0, 0.1) is 3.57 Å². The topological polar surface area (TPSA) is 80.2 Å². The quantitative estimate of drug-likeness (QED) is 0.319. The first-order valence-electron chi connectivity index (χ1n) is 8.26. The third-order valence-corrected chi connectivity index (χ3v) is 4.10. The smallest absolute Gasteiger partial charge is 0.335 e. The maximum Gasteiger partial charge on any atom is 0.335 e. The molecule has 0 bridgehead atoms. The van der Waals surface area contributed by atoms with Crippen LogP contribution in [0.4, 0.5) is 5.69 Å². The number of halogens is 1. The molecule has 6 nitrogen and oxygen atoms in total. The highest BCUT2D eigenvalue weighted by atomic mass is 127. The van der Waals surface area contributed by atoms with Crippen LogP contribution in [0.25, 0.3) is 0 Å². The van der Waals surface area contributed by atoms with Crippen molar-refractivity contribution >= 4 is 40.5 Å². The zero-order valence-corrected chi connectivity index (χ0v) is 16.8. The lowest BCUT2D eigenvalue weighted by atomic mass is 10.2. The van der Waals surface area contributed by atoms with Gasteiger partial charge in [-0.05, 0) is 71.8 Å². The van der Waals surface area contributed by atoms with Crippen LogP contribution in [0.1, 0.15) is 36.2 Å². The van der Waals surface area contributed by atoms with Crippen molar-refractivity contribution in [2.45, 2.75) is 20.3 Å². The molecule has 0 atom stereocenters. The van der Waals surface area contributed by atoms with Crippen LogP contribution in [-0.2, 0) is 0 Å². The molecular formula is C19H21IN2O4. The number of nitrogens with zero attached hydrogens (tertiary/aromatic N) is 1. The Morgan fingerprint density at radius 3 is 2.77 bits per heavy atom. The summed E-state index contributed by atoms with van der Waals surface area (Å²) in [4.78, 5) is 11.0. The Hall–Kier alpha value is -2.29. The minimum Gasteiger partial charge on any atom is -0.490 e. The number of rotatable bonds is 9. The molecule has 7 heteroatoms. The first kappa shape index (κ1) is 20.0. The Morgan fingerprint density at radius 1 is 1.27 bits per heavy atom. The molecule has 0 amide bonds. The van der Waals surface area contributed by atoms with Crippen molar-refractivity contribution in [3.05, 3.63) is 51.1 Å². The zero-order valence-electron chi connectivity index (χ0n) is 14.7. The van der Waals surface area contributed by atoms with Gasteiger partial charge in [0, 0.05) is 0 Å². The van der Waals surface area contributed by atoms with Crippen LogP contribution >= 0.6 is 22.6 Å². The van der Waals surface area contributed by atoms with E-state index in [1.54, 1.807) is 18.3 Å². The van der Waals surface area contributed by atoms with Gasteiger partial charge in [-0.1, -0.05) is 13.0 Å². The molecule has 2 aromatic rings. The number of hydrogen-bond donors (Lipinski definition) is 2. The summed E-state index contributed by atoms with van der Waals surface area (Å²) in [6.07, 6.45) is 2.58. The fraction of sp³-hybridized carbons (Fsp3) is 0.263. The SMILES string of the molecule is CCCOc1c(I)cc(/C=N/Nc2cccc(C(=O)O)c2)cc1OCC. The molecule has 0 aliphatic carbocycles. The van der Waals surface area contributed by atoms with E-state index >= 15 is 0 Å². The number of carbonyl (C=O) groups is 1. The van der Waals surface area contributed by atoms with Crippen LogP contribution in [0.3, 0.4) is 0 Å². The molecule has 2 N–H and O–H groups in total. The molecular weight excluding hydrogens is 447 g/mol. The second-order valence-corrected chi connectivity index (χ2v) is 6.53. The van der Waals surface area contributed by atoms with E-state index < -0.39 is 5.97 Å². The maximum absolute atomic E-state index is 11.0. The third kappa shape index (κ3) is 5.62. The van der Waals surface area contributed by atoms with E-state index in [4.69, 9.17) is 14.6 Å². The van der Waals surface area contributed by atoms with Crippen molar-refractivity contribution < 1.29 is 19.4 Å². The maximum atomic E-state index is 11.0. The van der Waals surface area contributed by atoms with E-state index in [0.717, 1.165) is 21.3 Å². The van der Waals surface area contributed by atoms with E-state index in [9.17, 15) is 4.79 Å². The Kier molecular flexibility index (Phi) is 7.71. The molecule has 0 radical (unpaired) electrons. The highest BCUT2D eigenvalue weighted by Gasteiger charge is 2.11. The highest BCUT2D eigenvalue weighted by Crippen LogP contribution is 2.34. The lowest BCUT2D eigenvalue weighted by Crippen LogP contribution is -2.03. The lowest BCUT2D eigenvalue weighted by Gasteiger charge is -2.14. The Morgan fingerprint density at radius 2 is 2.08 bits per heavy atom. The Bertz CT molecular complexity index is 793. The van der Waals surface area contributed by atoms with Crippen LogP contribution < -0.4 is 14.9 Å². The van der Waals surface area contributed by atoms with Gasteiger partial charge in [-0.15, -0.1) is 0 Å². The summed E-state index contributed by atoms with van der Waals surface area (Å²) in [6, 6.07) is 10.3. The minimum atomic E-state index is -0.976. The number of benzene rings is 2. The molecule has 0 aliphatic heterocycles. The molecule has 0 heterocycles. The monoisotopic (exact) mass is 468 g/mol. The van der Waals surface area contributed by atoms with Crippen LogP contribution in [0.5, 0.6) is 11.5 Å². The van der Waals surface area contributed by atoms with E-state index in [1.165, 1.54) is 12.1 Å². The van der Waals surface area contributed by atoms with Gasteiger partial charge in [-0.25, -0.2) is 4.79 Å². The second kappa shape index (κ2) is 10.0. The molecule has 0 aromatic heterocycles. The Labute approximate surface area is 166 Å². The van der Waals surface area contributed by atoms with E-state index in [-0.39, 0.29) is 5.56 Å². The fourth-order valence-corrected chi connectivity index (χ4v) is 2.95. The van der Waals surface area contributed by atoms with Crippen molar-refractivity contribution in [2.75, 3.05) is 18.6 Å². The van der Waals surface area contributed by atoms with Gasteiger partial charge in [0.15, 0.2) is 11.5 Å². The normalized spacial score (nSPS) is 10.7. The van der Waals surface area contributed by atoms with Gasteiger partial charge in [-0.3, -0.25) is 5.43 Å². The van der Waals surface area contributed by atoms with Crippen LogP contribution in [-0.4, -0.2) is 30.5 Å². The van der Waals surface area contributed by atoms with Gasteiger partial charge < -0.3 is 14.6 Å². The van der Waals surface area contributed by atoms with E-state index in [1.807, 2.05) is 19.1 Å². The van der Waals surface area contributed by atoms with Crippen LogP contribution in [0.2, 0.25) is 0 Å². The van der Waals surface area contributed by atoms with Crippen molar-refractivity contribution in [2.24, 2.45) is 5.10 Å². The van der Waals surface area contributed by atoms with E-state index in [0.29, 0.717) is 24.7 Å². The summed E-state index contributed by atoms with van der Waals surface area (Å²) in [5, 5.41) is 13.2. The number of nitrogens with one attached hydrogen (secondary N) is 1. The fourth-order valence-electron chi connectivity index (χ4n) is 2.17. The summed E-state index contributed by atoms with van der Waals surface area (Å²) in [7, 11) is 0. The highest BCUT2D eigenvalue weighted by molar-refractivity contribution is 14.1. The van der Waals surface area contributed by atoms with Crippen molar-refractivity contribution in [3.63, 3.8) is 0 Å². The predicted molar refractivity (Wildman–Crippen MR) is 111 cm³/mol. The molecule has 2 aromatic carbocycles. The summed E-state index contributed by atoms with van der Waals surface area (Å²) in [6.45, 7) is 5.15. The largest absolute Gasteiger partial charge is 0.490 e. The molecule has 0 saturated heterocycles.